The van der Waals surface area contributed by atoms with E-state index in [-0.39, 0.29) is 22.5 Å². The molecule has 0 radical (unpaired) electrons. The summed E-state index contributed by atoms with van der Waals surface area (Å²) in [5, 5.41) is 4.05. The summed E-state index contributed by atoms with van der Waals surface area (Å²) in [4.78, 5) is 27.8. The van der Waals surface area contributed by atoms with E-state index in [0.29, 0.717) is 44.5 Å². The molecule has 7 nitrogen and oxygen atoms in total. The minimum absolute atomic E-state index is 0.0333. The van der Waals surface area contributed by atoms with Crippen LogP contribution in [0.25, 0.3) is 0 Å². The van der Waals surface area contributed by atoms with Crippen molar-refractivity contribution >= 4 is 21.5 Å². The number of carbonyl (C=O) groups is 2. The van der Waals surface area contributed by atoms with Gasteiger partial charge in [-0.2, -0.15) is 5.10 Å². The summed E-state index contributed by atoms with van der Waals surface area (Å²) in [6.45, 7) is 4.61. The van der Waals surface area contributed by atoms with E-state index in [1.165, 1.54) is 0 Å². The molecule has 2 heterocycles. The fraction of sp³-hybridized carbons (Fsp3) is 0.500. The van der Waals surface area contributed by atoms with Crippen LogP contribution in [-0.2, 0) is 21.7 Å². The van der Waals surface area contributed by atoms with E-state index in [4.69, 9.17) is 0 Å². The smallest absolute Gasteiger partial charge is 0.244 e. The molecule has 0 unspecified atom stereocenters. The molecular weight excluding hydrogens is 402 g/mol. The molecule has 1 aromatic heterocycles. The number of aryl methyl sites for hydroxylation is 3. The predicted molar refractivity (Wildman–Crippen MR) is 112 cm³/mol. The minimum Gasteiger partial charge on any atom is -0.341 e. The first kappa shape index (κ1) is 20.8. The molecule has 0 bridgehead atoms. The second-order valence-electron chi connectivity index (χ2n) is 8.51. The van der Waals surface area contributed by atoms with Gasteiger partial charge in [-0.3, -0.25) is 14.3 Å². The Morgan fingerprint density at radius 2 is 1.73 bits per heavy atom. The second-order valence-corrected chi connectivity index (χ2v) is 10.8. The highest BCUT2D eigenvalue weighted by molar-refractivity contribution is 7.94. The SMILES string of the molecule is Cc1ccc(S(=O)(=O)C2(C(=O)N3CCC(C(=O)c4ccnn4C)CC3)CC2)cc1C. The van der Waals surface area contributed by atoms with Gasteiger partial charge >= 0.3 is 0 Å². The van der Waals surface area contributed by atoms with Crippen molar-refractivity contribution in [2.75, 3.05) is 13.1 Å². The third-order valence-electron chi connectivity index (χ3n) is 6.62. The summed E-state index contributed by atoms with van der Waals surface area (Å²) in [6.07, 6.45) is 3.38. The summed E-state index contributed by atoms with van der Waals surface area (Å²) >= 11 is 0. The summed E-state index contributed by atoms with van der Waals surface area (Å²) in [5.74, 6) is -0.450. The van der Waals surface area contributed by atoms with Crippen LogP contribution in [0.2, 0.25) is 0 Å². The molecule has 2 aliphatic rings. The number of piperidine rings is 1. The number of aromatic nitrogens is 2. The molecule has 1 amide bonds. The van der Waals surface area contributed by atoms with Crippen molar-refractivity contribution < 1.29 is 18.0 Å². The fourth-order valence-electron chi connectivity index (χ4n) is 4.28. The van der Waals surface area contributed by atoms with Crippen molar-refractivity contribution in [3.8, 4) is 0 Å². The normalized spacial score (nSPS) is 19.0. The van der Waals surface area contributed by atoms with Crippen molar-refractivity contribution in [2.45, 2.75) is 49.2 Å². The number of hydrogen-bond acceptors (Lipinski definition) is 5. The van der Waals surface area contributed by atoms with Gasteiger partial charge in [-0.1, -0.05) is 6.07 Å². The number of amides is 1. The number of benzene rings is 1. The highest BCUT2D eigenvalue weighted by atomic mass is 32.2. The maximum Gasteiger partial charge on any atom is 0.244 e. The molecule has 1 aromatic carbocycles. The van der Waals surface area contributed by atoms with Crippen molar-refractivity contribution in [2.24, 2.45) is 13.0 Å². The summed E-state index contributed by atoms with van der Waals surface area (Å²) < 4.78 is 26.9. The van der Waals surface area contributed by atoms with Crippen LogP contribution in [-0.4, -0.2) is 52.6 Å². The Bertz CT molecular complexity index is 1110. The van der Waals surface area contributed by atoms with Gasteiger partial charge in [0, 0.05) is 32.3 Å². The summed E-state index contributed by atoms with van der Waals surface area (Å²) in [6, 6.07) is 6.76. The van der Waals surface area contributed by atoms with Crippen LogP contribution in [0, 0.1) is 19.8 Å². The number of nitrogens with zero attached hydrogens (tertiary/aromatic N) is 3. The van der Waals surface area contributed by atoms with Gasteiger partial charge in [0.2, 0.25) is 5.91 Å². The van der Waals surface area contributed by atoms with Gasteiger partial charge in [-0.05, 0) is 68.9 Å². The first-order valence-electron chi connectivity index (χ1n) is 10.3. The first-order valence-corrected chi connectivity index (χ1v) is 11.8. The zero-order valence-electron chi connectivity index (χ0n) is 17.6. The van der Waals surface area contributed by atoms with Crippen molar-refractivity contribution in [3.63, 3.8) is 0 Å². The van der Waals surface area contributed by atoms with E-state index in [2.05, 4.69) is 5.10 Å². The lowest BCUT2D eigenvalue weighted by molar-refractivity contribution is -0.132. The lowest BCUT2D eigenvalue weighted by Gasteiger charge is -2.33. The van der Waals surface area contributed by atoms with E-state index in [0.717, 1.165) is 11.1 Å². The molecule has 0 spiro atoms. The second kappa shape index (κ2) is 7.34. The molecule has 1 aliphatic carbocycles. The van der Waals surface area contributed by atoms with Crippen LogP contribution in [0.5, 0.6) is 0 Å². The Morgan fingerprint density at radius 1 is 1.07 bits per heavy atom. The van der Waals surface area contributed by atoms with Gasteiger partial charge < -0.3 is 4.90 Å². The highest BCUT2D eigenvalue weighted by Gasteiger charge is 2.62. The highest BCUT2D eigenvalue weighted by Crippen LogP contribution is 2.48. The number of ketones is 1. The predicted octanol–water partition coefficient (Wildman–Crippen LogP) is 2.46. The Labute approximate surface area is 177 Å². The van der Waals surface area contributed by atoms with E-state index < -0.39 is 14.6 Å². The van der Waals surface area contributed by atoms with Gasteiger partial charge in [-0.15, -0.1) is 0 Å². The van der Waals surface area contributed by atoms with Crippen molar-refractivity contribution in [1.29, 1.82) is 0 Å². The molecule has 1 saturated carbocycles. The molecule has 30 heavy (non-hydrogen) atoms. The number of Topliss-reactive ketones (excluding diaryl/α,β-unsaturated/α-hetero) is 1. The minimum atomic E-state index is -3.76. The Kier molecular flexibility index (Phi) is 5.08. The molecule has 2 aromatic rings. The van der Waals surface area contributed by atoms with Gasteiger partial charge in [-0.25, -0.2) is 8.42 Å². The summed E-state index contributed by atoms with van der Waals surface area (Å²) in [7, 11) is -2.02. The number of likely N-dealkylation sites (tertiary alicyclic amines) is 1. The molecule has 4 rings (SSSR count). The lowest BCUT2D eigenvalue weighted by atomic mass is 9.90. The Hall–Kier alpha value is -2.48. The number of rotatable bonds is 5. The van der Waals surface area contributed by atoms with Gasteiger partial charge in [0.25, 0.3) is 0 Å². The topological polar surface area (TPSA) is 89.3 Å². The standard InChI is InChI=1S/C22H27N3O4S/c1-15-4-5-18(14-16(15)2)30(28,29)22(9-10-22)21(27)25-12-7-17(8-13-25)20(26)19-6-11-23-24(19)3/h4-6,11,14,17H,7-10,12-13H2,1-3H3. The quantitative estimate of drug-likeness (QED) is 0.681. The maximum atomic E-state index is 13.3. The van der Waals surface area contributed by atoms with Gasteiger partial charge in [0.15, 0.2) is 20.4 Å². The molecule has 1 aliphatic heterocycles. The van der Waals surface area contributed by atoms with Crippen LogP contribution >= 0.6 is 0 Å². The van der Waals surface area contributed by atoms with Crippen molar-refractivity contribution in [3.05, 3.63) is 47.3 Å². The summed E-state index contributed by atoms with van der Waals surface area (Å²) in [5.41, 5.74) is 2.48. The number of sulfone groups is 1. The number of carbonyl (C=O) groups excluding carboxylic acids is 2. The van der Waals surface area contributed by atoms with Gasteiger partial charge in [0.1, 0.15) is 5.69 Å². The van der Waals surface area contributed by atoms with Crippen LogP contribution in [0.15, 0.2) is 35.4 Å². The molecule has 0 atom stereocenters. The van der Waals surface area contributed by atoms with Crippen LogP contribution in [0.4, 0.5) is 0 Å². The molecule has 1 saturated heterocycles. The fourth-order valence-corrected chi connectivity index (χ4v) is 6.30. The Balaban J connectivity index is 1.48. The van der Waals surface area contributed by atoms with E-state index >= 15 is 0 Å². The van der Waals surface area contributed by atoms with E-state index in [1.807, 2.05) is 13.8 Å². The van der Waals surface area contributed by atoms with Crippen molar-refractivity contribution in [1.82, 2.24) is 14.7 Å². The monoisotopic (exact) mass is 429 g/mol. The van der Waals surface area contributed by atoms with Crippen LogP contribution < -0.4 is 0 Å². The average Bonchev–Trinajstić information content (AvgIpc) is 3.45. The molecular formula is C22H27N3O4S. The lowest BCUT2D eigenvalue weighted by Crippen LogP contribution is -2.48. The third kappa shape index (κ3) is 3.27. The third-order valence-corrected chi connectivity index (χ3v) is 9.11. The van der Waals surface area contributed by atoms with Crippen LogP contribution in [0.3, 0.4) is 0 Å². The number of hydrogen-bond donors (Lipinski definition) is 0. The molecule has 8 heteroatoms. The van der Waals surface area contributed by atoms with E-state index in [1.54, 1.807) is 47.1 Å². The maximum absolute atomic E-state index is 13.3. The van der Waals surface area contributed by atoms with Gasteiger partial charge in [0.05, 0.1) is 4.90 Å². The average molecular weight is 430 g/mol. The largest absolute Gasteiger partial charge is 0.341 e. The first-order chi connectivity index (χ1) is 14.2. The zero-order chi connectivity index (χ0) is 21.7. The van der Waals surface area contributed by atoms with Crippen LogP contribution in [0.1, 0.15) is 47.3 Å². The zero-order valence-corrected chi connectivity index (χ0v) is 18.4. The molecule has 160 valence electrons. The molecule has 2 fully saturated rings. The Morgan fingerprint density at radius 3 is 2.27 bits per heavy atom. The molecule has 0 N–H and O–H groups in total. The van der Waals surface area contributed by atoms with E-state index in [9.17, 15) is 18.0 Å².